The number of phenolic OH excluding ortho intramolecular Hbond substituents is 1. The Labute approximate surface area is 123 Å². The van der Waals surface area contributed by atoms with Crippen molar-refractivity contribution in [2.75, 3.05) is 26.2 Å². The Kier molecular flexibility index (Phi) is 4.12. The first-order valence-electron chi connectivity index (χ1n) is 7.06. The van der Waals surface area contributed by atoms with Crippen molar-refractivity contribution in [2.45, 2.75) is 12.5 Å². The van der Waals surface area contributed by atoms with E-state index in [9.17, 15) is 5.11 Å². The number of nitrogens with zero attached hydrogens (tertiary/aromatic N) is 5. The van der Waals surface area contributed by atoms with E-state index >= 15 is 0 Å². The molecule has 0 saturated carbocycles. The zero-order valence-corrected chi connectivity index (χ0v) is 12.0. The van der Waals surface area contributed by atoms with Gasteiger partial charge in [-0.3, -0.25) is 4.90 Å². The molecule has 0 spiro atoms. The summed E-state index contributed by atoms with van der Waals surface area (Å²) in [6, 6.07) is 7.37. The predicted octanol–water partition coefficient (Wildman–Crippen LogP) is 0.532. The second kappa shape index (κ2) is 6.19. The van der Waals surface area contributed by atoms with Gasteiger partial charge < -0.3 is 9.84 Å². The fourth-order valence-corrected chi connectivity index (χ4v) is 2.52. The Morgan fingerprint density at radius 2 is 2.14 bits per heavy atom. The van der Waals surface area contributed by atoms with Crippen molar-refractivity contribution in [3.05, 3.63) is 35.7 Å². The molecule has 1 aliphatic rings. The molecule has 7 nitrogen and oxygen atoms in total. The van der Waals surface area contributed by atoms with Crippen LogP contribution in [0.25, 0.3) is 0 Å². The highest BCUT2D eigenvalue weighted by Crippen LogP contribution is 2.19. The van der Waals surface area contributed by atoms with Crippen LogP contribution in [0.5, 0.6) is 5.75 Å². The molecule has 2 heterocycles. The zero-order valence-electron chi connectivity index (χ0n) is 12.0. The Hall–Kier alpha value is -1.99. The first kappa shape index (κ1) is 14.0. The van der Waals surface area contributed by atoms with Crippen LogP contribution in [0.3, 0.4) is 0 Å². The smallest absolute Gasteiger partial charge is 0.181 e. The minimum atomic E-state index is -0.0708. The van der Waals surface area contributed by atoms with Crippen LogP contribution in [0, 0.1) is 0 Å². The summed E-state index contributed by atoms with van der Waals surface area (Å²) in [5.74, 6) is 1.07. The maximum atomic E-state index is 9.29. The van der Waals surface area contributed by atoms with Crippen molar-refractivity contribution in [2.24, 2.45) is 7.05 Å². The van der Waals surface area contributed by atoms with Crippen LogP contribution in [0.15, 0.2) is 24.3 Å². The number of phenols is 1. The molecule has 3 rings (SSSR count). The van der Waals surface area contributed by atoms with Crippen molar-refractivity contribution in [1.29, 1.82) is 0 Å². The number of benzene rings is 1. The van der Waals surface area contributed by atoms with Crippen LogP contribution < -0.4 is 0 Å². The Morgan fingerprint density at radius 3 is 2.86 bits per heavy atom. The molecular weight excluding hydrogens is 270 g/mol. The lowest BCUT2D eigenvalue weighted by molar-refractivity contribution is -0.0356. The maximum Gasteiger partial charge on any atom is 0.181 e. The molecule has 0 aliphatic carbocycles. The molecule has 1 saturated heterocycles. The van der Waals surface area contributed by atoms with E-state index < -0.39 is 0 Å². The van der Waals surface area contributed by atoms with Gasteiger partial charge in [-0.05, 0) is 34.5 Å². The third kappa shape index (κ3) is 3.37. The molecule has 1 unspecified atom stereocenters. The van der Waals surface area contributed by atoms with E-state index in [2.05, 4.69) is 20.4 Å². The standard InChI is InChI=1S/C14H19N5O2/c1-18-14(15-16-17-18)13-10-19(8-9-21-13)7-6-11-2-4-12(20)5-3-11/h2-5,13,20H,6-10H2,1H3. The van der Waals surface area contributed by atoms with E-state index in [-0.39, 0.29) is 6.10 Å². The van der Waals surface area contributed by atoms with Crippen LogP contribution in [0.2, 0.25) is 0 Å². The molecule has 1 atom stereocenters. The van der Waals surface area contributed by atoms with Gasteiger partial charge in [-0.15, -0.1) is 5.10 Å². The van der Waals surface area contributed by atoms with Gasteiger partial charge in [-0.25, -0.2) is 4.68 Å². The highest BCUT2D eigenvalue weighted by Gasteiger charge is 2.25. The third-order valence-corrected chi connectivity index (χ3v) is 3.74. The summed E-state index contributed by atoms with van der Waals surface area (Å²) in [6.07, 6.45) is 0.878. The molecule has 0 bridgehead atoms. The summed E-state index contributed by atoms with van der Waals surface area (Å²) in [7, 11) is 1.83. The lowest BCUT2D eigenvalue weighted by Gasteiger charge is -2.32. The van der Waals surface area contributed by atoms with Gasteiger partial charge in [-0.2, -0.15) is 0 Å². The van der Waals surface area contributed by atoms with E-state index in [0.717, 1.165) is 31.9 Å². The number of aromatic nitrogens is 4. The molecule has 112 valence electrons. The molecular formula is C14H19N5O2. The molecule has 1 aromatic carbocycles. The van der Waals surface area contributed by atoms with Crippen molar-refractivity contribution < 1.29 is 9.84 Å². The van der Waals surface area contributed by atoms with Gasteiger partial charge in [-0.1, -0.05) is 12.1 Å². The molecule has 1 N–H and O–H groups in total. The highest BCUT2D eigenvalue weighted by molar-refractivity contribution is 5.26. The highest BCUT2D eigenvalue weighted by atomic mass is 16.5. The molecule has 1 aromatic heterocycles. The molecule has 0 radical (unpaired) electrons. The van der Waals surface area contributed by atoms with E-state index in [1.165, 1.54) is 5.56 Å². The summed E-state index contributed by atoms with van der Waals surface area (Å²) in [6.45, 7) is 3.36. The second-order valence-electron chi connectivity index (χ2n) is 5.24. The van der Waals surface area contributed by atoms with Gasteiger partial charge in [0, 0.05) is 26.7 Å². The minimum absolute atomic E-state index is 0.0708. The molecule has 1 aliphatic heterocycles. The van der Waals surface area contributed by atoms with Gasteiger partial charge in [0.05, 0.1) is 6.61 Å². The monoisotopic (exact) mass is 289 g/mol. The summed E-state index contributed by atoms with van der Waals surface area (Å²) < 4.78 is 7.42. The quantitative estimate of drug-likeness (QED) is 0.885. The first-order valence-corrected chi connectivity index (χ1v) is 7.06. The van der Waals surface area contributed by atoms with Crippen molar-refractivity contribution in [3.63, 3.8) is 0 Å². The third-order valence-electron chi connectivity index (χ3n) is 3.74. The van der Waals surface area contributed by atoms with Crippen molar-refractivity contribution in [3.8, 4) is 5.75 Å². The van der Waals surface area contributed by atoms with E-state index in [1.807, 2.05) is 19.2 Å². The van der Waals surface area contributed by atoms with Gasteiger partial charge in [0.25, 0.3) is 0 Å². The first-order chi connectivity index (χ1) is 10.2. The fourth-order valence-electron chi connectivity index (χ4n) is 2.52. The number of ether oxygens (including phenoxy) is 1. The van der Waals surface area contributed by atoms with Gasteiger partial charge in [0.15, 0.2) is 5.82 Å². The second-order valence-corrected chi connectivity index (χ2v) is 5.24. The lowest BCUT2D eigenvalue weighted by atomic mass is 10.1. The molecule has 21 heavy (non-hydrogen) atoms. The summed E-state index contributed by atoms with van der Waals surface area (Å²) in [5, 5.41) is 20.8. The van der Waals surface area contributed by atoms with E-state index in [0.29, 0.717) is 12.4 Å². The Bertz CT molecular complexity index is 583. The van der Waals surface area contributed by atoms with Gasteiger partial charge >= 0.3 is 0 Å². The van der Waals surface area contributed by atoms with Crippen LogP contribution in [0.4, 0.5) is 0 Å². The molecule has 1 fully saturated rings. The summed E-state index contributed by atoms with van der Waals surface area (Å²) >= 11 is 0. The maximum absolute atomic E-state index is 9.29. The topological polar surface area (TPSA) is 76.3 Å². The van der Waals surface area contributed by atoms with Crippen LogP contribution >= 0.6 is 0 Å². The van der Waals surface area contributed by atoms with E-state index in [1.54, 1.807) is 16.8 Å². The number of tetrazole rings is 1. The molecule has 7 heteroatoms. The molecule has 2 aromatic rings. The summed E-state index contributed by atoms with van der Waals surface area (Å²) in [4.78, 5) is 2.36. The minimum Gasteiger partial charge on any atom is -0.508 e. The van der Waals surface area contributed by atoms with Crippen LogP contribution in [0.1, 0.15) is 17.5 Å². The van der Waals surface area contributed by atoms with Crippen molar-refractivity contribution >= 4 is 0 Å². The SMILES string of the molecule is Cn1nnnc1C1CN(CCc2ccc(O)cc2)CCO1. The average Bonchev–Trinajstić information content (AvgIpc) is 2.93. The fraction of sp³-hybridized carbons (Fsp3) is 0.500. The lowest BCUT2D eigenvalue weighted by Crippen LogP contribution is -2.40. The zero-order chi connectivity index (χ0) is 14.7. The average molecular weight is 289 g/mol. The number of rotatable bonds is 4. The largest absolute Gasteiger partial charge is 0.508 e. The number of hydrogen-bond acceptors (Lipinski definition) is 6. The van der Waals surface area contributed by atoms with Gasteiger partial charge in [0.2, 0.25) is 0 Å². The summed E-state index contributed by atoms with van der Waals surface area (Å²) in [5.41, 5.74) is 1.22. The Balaban J connectivity index is 1.56. The van der Waals surface area contributed by atoms with Crippen LogP contribution in [-0.4, -0.2) is 56.5 Å². The normalized spacial score (nSPS) is 19.8. The number of aromatic hydroxyl groups is 1. The number of aryl methyl sites for hydroxylation is 1. The van der Waals surface area contributed by atoms with Crippen molar-refractivity contribution in [1.82, 2.24) is 25.1 Å². The van der Waals surface area contributed by atoms with E-state index in [4.69, 9.17) is 4.74 Å². The number of hydrogen-bond donors (Lipinski definition) is 1. The van der Waals surface area contributed by atoms with Gasteiger partial charge in [0.1, 0.15) is 11.9 Å². The van der Waals surface area contributed by atoms with Crippen LogP contribution in [-0.2, 0) is 18.2 Å². The Morgan fingerprint density at radius 1 is 1.33 bits per heavy atom. The predicted molar refractivity (Wildman–Crippen MR) is 75.7 cm³/mol. The molecule has 0 amide bonds. The number of morpholine rings is 1.